The van der Waals surface area contributed by atoms with Crippen molar-refractivity contribution in [3.05, 3.63) is 59.9 Å². The summed E-state index contributed by atoms with van der Waals surface area (Å²) >= 11 is 0. The zero-order chi connectivity index (χ0) is 17.4. The number of benzene rings is 2. The summed E-state index contributed by atoms with van der Waals surface area (Å²) < 4.78 is 2.06. The van der Waals surface area contributed by atoms with Crippen LogP contribution in [0.5, 0.6) is 0 Å². The first-order valence-corrected chi connectivity index (χ1v) is 8.43. The molecule has 2 aromatic carbocycles. The van der Waals surface area contributed by atoms with Crippen LogP contribution < -0.4 is 4.90 Å². The molecule has 4 heteroatoms. The molecule has 2 heterocycles. The number of carbonyl (C=O) groups excluding carboxylic acids is 1. The number of aromatic nitrogens is 2. The molecule has 1 amide bonds. The summed E-state index contributed by atoms with van der Waals surface area (Å²) in [6.45, 7) is 3.14. The molecule has 1 fully saturated rings. The molecule has 0 radical (unpaired) electrons. The molecule has 1 aromatic heterocycles. The Kier molecular flexibility index (Phi) is 3.77. The lowest BCUT2D eigenvalue weighted by atomic mass is 10.1. The average molecular weight is 329 g/mol. The van der Waals surface area contributed by atoms with Crippen LogP contribution in [0.15, 0.2) is 48.5 Å². The van der Waals surface area contributed by atoms with E-state index in [-0.39, 0.29) is 11.8 Å². The van der Waals surface area contributed by atoms with Gasteiger partial charge in [-0.05, 0) is 31.2 Å². The molecule has 4 nitrogen and oxygen atoms in total. The van der Waals surface area contributed by atoms with Gasteiger partial charge in [0.2, 0.25) is 5.91 Å². The lowest BCUT2D eigenvalue weighted by Crippen LogP contribution is -2.24. The highest BCUT2D eigenvalue weighted by Gasteiger charge is 2.34. The van der Waals surface area contributed by atoms with Crippen molar-refractivity contribution in [1.29, 1.82) is 0 Å². The van der Waals surface area contributed by atoms with Crippen molar-refractivity contribution in [3.63, 3.8) is 0 Å². The Hall–Kier alpha value is -3.06. The summed E-state index contributed by atoms with van der Waals surface area (Å²) in [5.41, 5.74) is 4.08. The van der Waals surface area contributed by atoms with E-state index in [1.807, 2.05) is 60.4 Å². The highest BCUT2D eigenvalue weighted by Crippen LogP contribution is 2.33. The van der Waals surface area contributed by atoms with Crippen molar-refractivity contribution < 1.29 is 4.79 Å². The molecule has 0 bridgehead atoms. The molecule has 4 rings (SSSR count). The maximum absolute atomic E-state index is 12.6. The third-order valence-corrected chi connectivity index (χ3v) is 4.77. The third kappa shape index (κ3) is 2.68. The highest BCUT2D eigenvalue weighted by molar-refractivity contribution is 5.96. The Balaban J connectivity index is 1.70. The number of carbonyl (C=O) groups is 1. The summed E-state index contributed by atoms with van der Waals surface area (Å²) in [6, 6.07) is 16.0. The second-order valence-electron chi connectivity index (χ2n) is 6.49. The van der Waals surface area contributed by atoms with Crippen molar-refractivity contribution in [3.8, 4) is 12.3 Å². The normalized spacial score (nSPS) is 17.2. The van der Waals surface area contributed by atoms with E-state index in [4.69, 9.17) is 11.4 Å². The number of terminal acetylenes is 1. The first-order valence-electron chi connectivity index (χ1n) is 8.43. The number of imidazole rings is 1. The Morgan fingerprint density at radius 2 is 1.96 bits per heavy atom. The Morgan fingerprint density at radius 3 is 2.72 bits per heavy atom. The van der Waals surface area contributed by atoms with Crippen LogP contribution in [0, 0.1) is 19.3 Å². The molecule has 0 saturated carbocycles. The summed E-state index contributed by atoms with van der Waals surface area (Å²) in [6.07, 6.45) is 6.02. The van der Waals surface area contributed by atoms with Gasteiger partial charge in [-0.25, -0.2) is 4.98 Å². The topological polar surface area (TPSA) is 38.1 Å². The maximum atomic E-state index is 12.6. The number of anilines is 1. The summed E-state index contributed by atoms with van der Waals surface area (Å²) in [7, 11) is 0. The van der Waals surface area contributed by atoms with Gasteiger partial charge in [-0.1, -0.05) is 35.7 Å². The number of hydrogen-bond donors (Lipinski definition) is 0. The van der Waals surface area contributed by atoms with E-state index in [0.717, 1.165) is 22.5 Å². The van der Waals surface area contributed by atoms with Gasteiger partial charge in [0.05, 0.1) is 17.6 Å². The SMILES string of the molecule is C#CCn1c([C@H]2CC(=O)N(c3ccc(C)cc3)C2)nc2ccccc21. The first-order chi connectivity index (χ1) is 12.2. The van der Waals surface area contributed by atoms with E-state index >= 15 is 0 Å². The third-order valence-electron chi connectivity index (χ3n) is 4.77. The van der Waals surface area contributed by atoms with Gasteiger partial charge in [0.25, 0.3) is 0 Å². The quantitative estimate of drug-likeness (QED) is 0.690. The van der Waals surface area contributed by atoms with Crippen LogP contribution in [0.25, 0.3) is 11.0 Å². The summed E-state index contributed by atoms with van der Waals surface area (Å²) in [5.74, 6) is 3.80. The molecule has 25 heavy (non-hydrogen) atoms. The predicted octanol–water partition coefficient (Wildman–Crippen LogP) is 3.50. The first kappa shape index (κ1) is 15.5. The number of aryl methyl sites for hydroxylation is 1. The molecule has 1 aliphatic heterocycles. The van der Waals surface area contributed by atoms with E-state index in [1.165, 1.54) is 5.56 Å². The predicted molar refractivity (Wildman–Crippen MR) is 99.5 cm³/mol. The molecule has 124 valence electrons. The van der Waals surface area contributed by atoms with Crippen molar-refractivity contribution in [2.75, 3.05) is 11.4 Å². The molecule has 1 aliphatic rings. The van der Waals surface area contributed by atoms with Crippen LogP contribution in [0.3, 0.4) is 0 Å². The minimum absolute atomic E-state index is 0.0505. The van der Waals surface area contributed by atoms with Crippen LogP contribution in [-0.4, -0.2) is 22.0 Å². The molecular weight excluding hydrogens is 310 g/mol. The van der Waals surface area contributed by atoms with Crippen molar-refractivity contribution in [2.45, 2.75) is 25.8 Å². The van der Waals surface area contributed by atoms with Gasteiger partial charge >= 0.3 is 0 Å². The van der Waals surface area contributed by atoms with Crippen LogP contribution in [0.4, 0.5) is 5.69 Å². The van der Waals surface area contributed by atoms with Crippen LogP contribution >= 0.6 is 0 Å². The van der Waals surface area contributed by atoms with Crippen molar-refractivity contribution in [2.24, 2.45) is 0 Å². The number of para-hydroxylation sites is 2. The largest absolute Gasteiger partial charge is 0.316 e. The number of amides is 1. The van der Waals surface area contributed by atoms with E-state index in [1.54, 1.807) is 0 Å². The van der Waals surface area contributed by atoms with Gasteiger partial charge in [0.15, 0.2) is 0 Å². The fourth-order valence-electron chi connectivity index (χ4n) is 3.52. The second-order valence-corrected chi connectivity index (χ2v) is 6.49. The van der Waals surface area contributed by atoms with E-state index in [0.29, 0.717) is 19.5 Å². The fraction of sp³-hybridized carbons (Fsp3) is 0.238. The lowest BCUT2D eigenvalue weighted by Gasteiger charge is -2.17. The molecule has 0 N–H and O–H groups in total. The van der Waals surface area contributed by atoms with Gasteiger partial charge < -0.3 is 9.47 Å². The summed E-state index contributed by atoms with van der Waals surface area (Å²) in [4.78, 5) is 19.2. The standard InChI is InChI=1S/C21H19N3O/c1-3-12-23-19-7-5-4-6-18(19)22-21(23)16-13-20(25)24(14-16)17-10-8-15(2)9-11-17/h1,4-11,16H,12-14H2,2H3/t16-/m0/s1. The smallest absolute Gasteiger partial charge is 0.227 e. The lowest BCUT2D eigenvalue weighted by molar-refractivity contribution is -0.117. The van der Waals surface area contributed by atoms with E-state index < -0.39 is 0 Å². The number of nitrogens with zero attached hydrogens (tertiary/aromatic N) is 3. The molecular formula is C21H19N3O. The maximum Gasteiger partial charge on any atom is 0.227 e. The monoisotopic (exact) mass is 329 g/mol. The average Bonchev–Trinajstić information content (AvgIpc) is 3.17. The van der Waals surface area contributed by atoms with Gasteiger partial charge in [0, 0.05) is 24.6 Å². The number of rotatable bonds is 3. The zero-order valence-corrected chi connectivity index (χ0v) is 14.1. The van der Waals surface area contributed by atoms with Gasteiger partial charge in [0.1, 0.15) is 5.82 Å². The van der Waals surface area contributed by atoms with E-state index in [2.05, 4.69) is 10.5 Å². The molecule has 1 atom stereocenters. The highest BCUT2D eigenvalue weighted by atomic mass is 16.2. The number of fused-ring (bicyclic) bond motifs is 1. The Labute approximate surface area is 147 Å². The molecule has 1 saturated heterocycles. The molecule has 0 spiro atoms. The van der Waals surface area contributed by atoms with Crippen LogP contribution in [0.1, 0.15) is 23.7 Å². The Bertz CT molecular complexity index is 979. The zero-order valence-electron chi connectivity index (χ0n) is 14.1. The van der Waals surface area contributed by atoms with Gasteiger partial charge in [-0.15, -0.1) is 6.42 Å². The second kappa shape index (κ2) is 6.10. The fourth-order valence-corrected chi connectivity index (χ4v) is 3.52. The molecule has 3 aromatic rings. The Morgan fingerprint density at radius 1 is 1.20 bits per heavy atom. The molecule has 0 unspecified atom stereocenters. The van der Waals surface area contributed by atoms with Gasteiger partial charge in [-0.3, -0.25) is 4.79 Å². The minimum atomic E-state index is 0.0505. The van der Waals surface area contributed by atoms with E-state index in [9.17, 15) is 4.79 Å². The number of hydrogen-bond acceptors (Lipinski definition) is 2. The summed E-state index contributed by atoms with van der Waals surface area (Å²) in [5, 5.41) is 0. The van der Waals surface area contributed by atoms with Crippen LogP contribution in [0.2, 0.25) is 0 Å². The van der Waals surface area contributed by atoms with Crippen molar-refractivity contribution >= 4 is 22.6 Å². The molecule has 0 aliphatic carbocycles. The van der Waals surface area contributed by atoms with Crippen molar-refractivity contribution in [1.82, 2.24) is 9.55 Å². The minimum Gasteiger partial charge on any atom is -0.316 e. The van der Waals surface area contributed by atoms with Gasteiger partial charge in [-0.2, -0.15) is 0 Å². The van der Waals surface area contributed by atoms with Crippen LogP contribution in [-0.2, 0) is 11.3 Å².